The summed E-state index contributed by atoms with van der Waals surface area (Å²) in [6.45, 7) is 2.90. The van der Waals surface area contributed by atoms with Gasteiger partial charge in [-0.15, -0.1) is 21.5 Å². The van der Waals surface area contributed by atoms with E-state index in [9.17, 15) is 5.26 Å². The topological polar surface area (TPSA) is 77.8 Å². The number of morpholine rings is 1. The Hall–Kier alpha value is -1.48. The van der Waals surface area contributed by atoms with Crippen LogP contribution in [0.3, 0.4) is 0 Å². The van der Waals surface area contributed by atoms with E-state index in [1.807, 2.05) is 18.2 Å². The van der Waals surface area contributed by atoms with E-state index < -0.39 is 0 Å². The smallest absolute Gasteiger partial charge is 0.171 e. The molecule has 1 fully saturated rings. The molecule has 0 atom stereocenters. The number of nitrogens with zero attached hydrogens (tertiary/aromatic N) is 4. The van der Waals surface area contributed by atoms with Crippen LogP contribution in [-0.4, -0.2) is 41.5 Å². The van der Waals surface area contributed by atoms with Crippen LogP contribution in [0.15, 0.2) is 29.0 Å². The van der Waals surface area contributed by atoms with Crippen LogP contribution >= 0.6 is 49.9 Å². The van der Waals surface area contributed by atoms with Crippen LogP contribution in [0.2, 0.25) is 0 Å². The number of nitrogens with one attached hydrogen (secondary N) is 1. The molecule has 26 heavy (non-hydrogen) atoms. The fourth-order valence-electron chi connectivity index (χ4n) is 2.94. The summed E-state index contributed by atoms with van der Waals surface area (Å²) in [4.78, 5) is 6.24. The third kappa shape index (κ3) is 3.26. The highest BCUT2D eigenvalue weighted by Crippen LogP contribution is 2.47. The van der Waals surface area contributed by atoms with Gasteiger partial charge < -0.3 is 14.6 Å². The van der Waals surface area contributed by atoms with Crippen molar-refractivity contribution in [3.8, 4) is 27.9 Å². The number of halogens is 2. The van der Waals surface area contributed by atoms with Crippen LogP contribution in [-0.2, 0) is 4.74 Å². The number of thiophene rings is 1. The Kier molecular flexibility index (Phi) is 5.26. The third-order valence-electron chi connectivity index (χ3n) is 4.13. The molecule has 3 aromatic rings. The molecular weight excluding hydrogens is 529 g/mol. The van der Waals surface area contributed by atoms with Crippen LogP contribution < -0.4 is 4.90 Å². The van der Waals surface area contributed by atoms with Gasteiger partial charge in [0.2, 0.25) is 0 Å². The number of hydrogen-bond acceptors (Lipinski definition) is 6. The number of rotatable bonds is 3. The van der Waals surface area contributed by atoms with Crippen LogP contribution in [0.5, 0.6) is 0 Å². The standard InChI is InChI=1S/C17H13BrIN5OS/c18-10-1-2-11(13(19)7-10)14-12(8-20)17(24-3-5-25-6-4-24)26-15(14)16-21-9-22-23-16/h1-2,7,9H,3-6H2,(H,21,22,23). The lowest BCUT2D eigenvalue weighted by Gasteiger charge is -2.27. The molecule has 0 unspecified atom stereocenters. The Morgan fingerprint density at radius 3 is 2.81 bits per heavy atom. The first-order chi connectivity index (χ1) is 12.7. The summed E-state index contributed by atoms with van der Waals surface area (Å²) in [5, 5.41) is 19.1. The predicted octanol–water partition coefficient (Wildman–Crippen LogP) is 4.28. The van der Waals surface area contributed by atoms with E-state index in [1.165, 1.54) is 0 Å². The Balaban J connectivity index is 1.95. The predicted molar refractivity (Wildman–Crippen MR) is 113 cm³/mol. The van der Waals surface area contributed by atoms with E-state index in [-0.39, 0.29) is 0 Å². The second-order valence-corrected chi connectivity index (χ2v) is 8.74. The lowest BCUT2D eigenvalue weighted by atomic mass is 10.0. The van der Waals surface area contributed by atoms with E-state index in [1.54, 1.807) is 17.7 Å². The molecule has 0 bridgehead atoms. The summed E-state index contributed by atoms with van der Waals surface area (Å²) in [6.07, 6.45) is 1.56. The van der Waals surface area contributed by atoms with Crippen molar-refractivity contribution in [2.24, 2.45) is 0 Å². The molecule has 1 aromatic carbocycles. The van der Waals surface area contributed by atoms with E-state index >= 15 is 0 Å². The molecule has 1 aliphatic rings. The minimum atomic E-state index is 0.672. The van der Waals surface area contributed by atoms with Crippen LogP contribution in [0.4, 0.5) is 5.00 Å². The molecule has 0 amide bonds. The minimum absolute atomic E-state index is 0.672. The summed E-state index contributed by atoms with van der Waals surface area (Å²) in [5.41, 5.74) is 2.61. The van der Waals surface area contributed by atoms with Crippen molar-refractivity contribution in [2.75, 3.05) is 31.2 Å². The maximum Gasteiger partial charge on any atom is 0.171 e. The number of benzene rings is 1. The van der Waals surface area contributed by atoms with E-state index in [0.29, 0.717) is 24.6 Å². The molecular formula is C17H13BrIN5OS. The molecule has 0 aliphatic carbocycles. The first kappa shape index (κ1) is 17.9. The van der Waals surface area contributed by atoms with Gasteiger partial charge in [0.25, 0.3) is 0 Å². The monoisotopic (exact) mass is 541 g/mol. The first-order valence-electron chi connectivity index (χ1n) is 7.90. The quantitative estimate of drug-likeness (QED) is 0.501. The van der Waals surface area contributed by atoms with Crippen molar-refractivity contribution >= 4 is 54.9 Å². The van der Waals surface area contributed by atoms with Crippen molar-refractivity contribution in [3.63, 3.8) is 0 Å². The highest BCUT2D eigenvalue weighted by atomic mass is 127. The summed E-state index contributed by atoms with van der Waals surface area (Å²) >= 11 is 7.40. The molecule has 0 radical (unpaired) electrons. The molecule has 0 saturated carbocycles. The van der Waals surface area contributed by atoms with Gasteiger partial charge in [-0.1, -0.05) is 22.0 Å². The lowest BCUT2D eigenvalue weighted by Crippen LogP contribution is -2.36. The fourth-order valence-corrected chi connectivity index (χ4v) is 5.78. The Morgan fingerprint density at radius 1 is 1.35 bits per heavy atom. The molecule has 9 heteroatoms. The van der Waals surface area contributed by atoms with E-state index in [4.69, 9.17) is 4.74 Å². The van der Waals surface area contributed by atoms with Gasteiger partial charge in [-0.25, -0.2) is 0 Å². The zero-order chi connectivity index (χ0) is 18.1. The summed E-state index contributed by atoms with van der Waals surface area (Å²) in [5.74, 6) is 0.680. The number of aromatic amines is 1. The molecule has 1 N–H and O–H groups in total. The molecule has 132 valence electrons. The van der Waals surface area contributed by atoms with Crippen LogP contribution in [0.25, 0.3) is 21.8 Å². The molecule has 3 heterocycles. The highest BCUT2D eigenvalue weighted by molar-refractivity contribution is 14.1. The van der Waals surface area contributed by atoms with Crippen LogP contribution in [0.1, 0.15) is 5.56 Å². The number of H-pyrrole nitrogens is 1. The zero-order valence-electron chi connectivity index (χ0n) is 13.5. The molecule has 0 spiro atoms. The Morgan fingerprint density at radius 2 is 2.15 bits per heavy atom. The molecule has 4 rings (SSSR count). The van der Waals surface area contributed by atoms with Crippen molar-refractivity contribution in [1.29, 1.82) is 5.26 Å². The van der Waals surface area contributed by atoms with Crippen molar-refractivity contribution in [2.45, 2.75) is 0 Å². The number of nitriles is 1. The maximum absolute atomic E-state index is 9.99. The largest absolute Gasteiger partial charge is 0.378 e. The van der Waals surface area contributed by atoms with Gasteiger partial charge in [0.15, 0.2) is 5.82 Å². The molecule has 1 aliphatic heterocycles. The number of anilines is 1. The van der Waals surface area contributed by atoms with Crippen LogP contribution in [0, 0.1) is 14.9 Å². The summed E-state index contributed by atoms with van der Waals surface area (Å²) in [7, 11) is 0. The van der Waals surface area contributed by atoms with Gasteiger partial charge in [-0.3, -0.25) is 0 Å². The first-order valence-corrected chi connectivity index (χ1v) is 10.6. The number of ether oxygens (including phenoxy) is 1. The highest BCUT2D eigenvalue weighted by Gasteiger charge is 2.27. The zero-order valence-corrected chi connectivity index (χ0v) is 18.1. The molecule has 2 aromatic heterocycles. The minimum Gasteiger partial charge on any atom is -0.378 e. The van der Waals surface area contributed by atoms with Gasteiger partial charge in [0.05, 0.1) is 23.7 Å². The Labute approximate surface area is 176 Å². The average molecular weight is 542 g/mol. The van der Waals surface area contributed by atoms with E-state index in [0.717, 1.165) is 42.1 Å². The van der Waals surface area contributed by atoms with Crippen molar-refractivity contribution in [1.82, 2.24) is 15.2 Å². The van der Waals surface area contributed by atoms with Gasteiger partial charge >= 0.3 is 0 Å². The van der Waals surface area contributed by atoms with E-state index in [2.05, 4.69) is 64.7 Å². The van der Waals surface area contributed by atoms with Gasteiger partial charge in [0.1, 0.15) is 17.4 Å². The molecule has 6 nitrogen and oxygen atoms in total. The Bertz CT molecular complexity index is 976. The normalized spacial score (nSPS) is 14.4. The summed E-state index contributed by atoms with van der Waals surface area (Å²) in [6, 6.07) is 8.52. The van der Waals surface area contributed by atoms with Gasteiger partial charge in [-0.05, 0) is 40.3 Å². The maximum atomic E-state index is 9.99. The van der Waals surface area contributed by atoms with Crippen molar-refractivity contribution < 1.29 is 4.74 Å². The lowest BCUT2D eigenvalue weighted by molar-refractivity contribution is 0.123. The SMILES string of the molecule is N#Cc1c(N2CCOCC2)sc(-c2nnc[nH]2)c1-c1ccc(Br)cc1I. The van der Waals surface area contributed by atoms with Gasteiger partial charge in [-0.2, -0.15) is 5.26 Å². The molecule has 1 saturated heterocycles. The average Bonchev–Trinajstić information content (AvgIpc) is 3.30. The van der Waals surface area contributed by atoms with Gasteiger partial charge in [0, 0.05) is 26.7 Å². The fraction of sp³-hybridized carbons (Fsp3) is 0.235. The third-order valence-corrected chi connectivity index (χ3v) is 6.78. The summed E-state index contributed by atoms with van der Waals surface area (Å²) < 4.78 is 7.54. The number of aromatic nitrogens is 3. The second-order valence-electron chi connectivity index (χ2n) is 5.66. The second kappa shape index (κ2) is 7.64. The number of hydrogen-bond donors (Lipinski definition) is 1. The van der Waals surface area contributed by atoms with Crippen molar-refractivity contribution in [3.05, 3.63) is 38.1 Å².